The summed E-state index contributed by atoms with van der Waals surface area (Å²) in [5.74, 6) is 0.836. The largest absolute Gasteiger partial charge is 0.507 e. The van der Waals surface area contributed by atoms with Crippen molar-refractivity contribution in [3.8, 4) is 5.75 Å². The minimum absolute atomic E-state index is 0.0481. The van der Waals surface area contributed by atoms with Gasteiger partial charge < -0.3 is 10.8 Å². The molecule has 1 atom stereocenters. The average molecular weight is 258 g/mol. The summed E-state index contributed by atoms with van der Waals surface area (Å²) in [5.41, 5.74) is 7.07. The van der Waals surface area contributed by atoms with Crippen molar-refractivity contribution < 1.29 is 5.11 Å². The molecule has 0 aliphatic carbocycles. The van der Waals surface area contributed by atoms with Crippen molar-refractivity contribution in [2.75, 3.05) is 0 Å². The molecule has 0 aliphatic rings. The van der Waals surface area contributed by atoms with Gasteiger partial charge in [-0.25, -0.2) is 0 Å². The highest BCUT2D eigenvalue weighted by Crippen LogP contribution is 2.28. The Morgan fingerprint density at radius 3 is 2.57 bits per heavy atom. The van der Waals surface area contributed by atoms with Crippen molar-refractivity contribution in [1.29, 1.82) is 0 Å². The van der Waals surface area contributed by atoms with Gasteiger partial charge in [-0.05, 0) is 46.0 Å². The number of rotatable bonds is 3. The lowest BCUT2D eigenvalue weighted by Crippen LogP contribution is -2.12. The van der Waals surface area contributed by atoms with Crippen molar-refractivity contribution in [2.24, 2.45) is 11.7 Å². The first-order chi connectivity index (χ1) is 6.50. The maximum Gasteiger partial charge on any atom is 0.129 e. The zero-order valence-electron chi connectivity index (χ0n) is 8.50. The molecule has 0 heterocycles. The predicted molar refractivity (Wildman–Crippen MR) is 62.2 cm³/mol. The SMILES string of the molecule is CC(C)CC(N)c1ccc(O)c(Br)c1. The molecule has 2 nitrogen and oxygen atoms in total. The van der Waals surface area contributed by atoms with E-state index in [9.17, 15) is 5.11 Å². The van der Waals surface area contributed by atoms with Crippen LogP contribution in [0.15, 0.2) is 22.7 Å². The topological polar surface area (TPSA) is 46.2 Å². The van der Waals surface area contributed by atoms with Crippen LogP contribution in [-0.4, -0.2) is 5.11 Å². The summed E-state index contributed by atoms with van der Waals surface area (Å²) in [7, 11) is 0. The molecule has 0 aromatic heterocycles. The highest BCUT2D eigenvalue weighted by Gasteiger charge is 2.09. The van der Waals surface area contributed by atoms with E-state index in [1.165, 1.54) is 0 Å². The van der Waals surface area contributed by atoms with E-state index in [2.05, 4.69) is 29.8 Å². The number of phenols is 1. The molecule has 3 N–H and O–H groups in total. The van der Waals surface area contributed by atoms with E-state index >= 15 is 0 Å². The molecule has 1 aromatic rings. The molecule has 14 heavy (non-hydrogen) atoms. The number of phenolic OH excluding ortho intramolecular Hbond substituents is 1. The molecule has 0 aliphatic heterocycles. The van der Waals surface area contributed by atoms with Gasteiger partial charge in [0.1, 0.15) is 5.75 Å². The summed E-state index contributed by atoms with van der Waals surface area (Å²) in [5, 5.41) is 9.32. The molecule has 1 aromatic carbocycles. The van der Waals surface area contributed by atoms with E-state index < -0.39 is 0 Å². The number of hydrogen-bond donors (Lipinski definition) is 2. The highest BCUT2D eigenvalue weighted by atomic mass is 79.9. The van der Waals surface area contributed by atoms with Crippen molar-refractivity contribution in [2.45, 2.75) is 26.3 Å². The van der Waals surface area contributed by atoms with Crippen LogP contribution in [0.2, 0.25) is 0 Å². The average Bonchev–Trinajstić information content (AvgIpc) is 2.08. The van der Waals surface area contributed by atoms with Gasteiger partial charge in [0.25, 0.3) is 0 Å². The summed E-state index contributed by atoms with van der Waals surface area (Å²) >= 11 is 3.28. The van der Waals surface area contributed by atoms with Crippen LogP contribution in [0.3, 0.4) is 0 Å². The molecule has 0 radical (unpaired) electrons. The van der Waals surface area contributed by atoms with Gasteiger partial charge in [-0.15, -0.1) is 0 Å². The second-order valence-corrected chi connectivity index (χ2v) is 4.80. The Kier molecular flexibility index (Phi) is 3.96. The van der Waals surface area contributed by atoms with Crippen LogP contribution >= 0.6 is 15.9 Å². The molecule has 78 valence electrons. The predicted octanol–water partition coefficient (Wildman–Crippen LogP) is 3.20. The first kappa shape index (κ1) is 11.5. The lowest BCUT2D eigenvalue weighted by molar-refractivity contribution is 0.470. The van der Waals surface area contributed by atoms with Gasteiger partial charge >= 0.3 is 0 Å². The quantitative estimate of drug-likeness (QED) is 0.874. The van der Waals surface area contributed by atoms with Crippen LogP contribution in [0.4, 0.5) is 0 Å². The molecule has 0 bridgehead atoms. The van der Waals surface area contributed by atoms with E-state index in [-0.39, 0.29) is 11.8 Å². The van der Waals surface area contributed by atoms with E-state index in [4.69, 9.17) is 5.73 Å². The Balaban J connectivity index is 2.80. The van der Waals surface area contributed by atoms with Gasteiger partial charge in [-0.1, -0.05) is 19.9 Å². The molecule has 0 saturated heterocycles. The van der Waals surface area contributed by atoms with Crippen LogP contribution in [0.1, 0.15) is 31.9 Å². The van der Waals surface area contributed by atoms with E-state index in [0.29, 0.717) is 10.4 Å². The van der Waals surface area contributed by atoms with Crippen LogP contribution in [0.25, 0.3) is 0 Å². The third-order valence-corrected chi connectivity index (χ3v) is 2.76. The first-order valence-electron chi connectivity index (χ1n) is 4.74. The van der Waals surface area contributed by atoms with Crippen LogP contribution in [-0.2, 0) is 0 Å². The maximum atomic E-state index is 9.32. The highest BCUT2D eigenvalue weighted by molar-refractivity contribution is 9.10. The van der Waals surface area contributed by atoms with Gasteiger partial charge in [0.15, 0.2) is 0 Å². The van der Waals surface area contributed by atoms with Gasteiger partial charge in [0.05, 0.1) is 4.47 Å². The minimum Gasteiger partial charge on any atom is -0.507 e. The Morgan fingerprint density at radius 2 is 2.07 bits per heavy atom. The van der Waals surface area contributed by atoms with Crippen molar-refractivity contribution in [3.05, 3.63) is 28.2 Å². The molecule has 0 saturated carbocycles. The molecule has 3 heteroatoms. The van der Waals surface area contributed by atoms with Gasteiger partial charge in [0, 0.05) is 6.04 Å². The Labute approximate surface area is 93.3 Å². The fourth-order valence-electron chi connectivity index (χ4n) is 1.40. The van der Waals surface area contributed by atoms with E-state index in [0.717, 1.165) is 12.0 Å². The van der Waals surface area contributed by atoms with E-state index in [1.807, 2.05) is 12.1 Å². The summed E-state index contributed by atoms with van der Waals surface area (Å²) in [6.07, 6.45) is 0.956. The zero-order chi connectivity index (χ0) is 10.7. The Hall–Kier alpha value is -0.540. The number of benzene rings is 1. The fourth-order valence-corrected chi connectivity index (χ4v) is 1.79. The smallest absolute Gasteiger partial charge is 0.129 e. The minimum atomic E-state index is 0.0481. The van der Waals surface area contributed by atoms with Crippen molar-refractivity contribution in [3.63, 3.8) is 0 Å². The zero-order valence-corrected chi connectivity index (χ0v) is 10.1. The second-order valence-electron chi connectivity index (χ2n) is 3.95. The lowest BCUT2D eigenvalue weighted by atomic mass is 9.98. The number of nitrogens with two attached hydrogens (primary N) is 1. The molecule has 1 rings (SSSR count). The van der Waals surface area contributed by atoms with Crippen LogP contribution in [0.5, 0.6) is 5.75 Å². The summed E-state index contributed by atoms with van der Waals surface area (Å²) in [6, 6.07) is 5.46. The monoisotopic (exact) mass is 257 g/mol. The van der Waals surface area contributed by atoms with Crippen molar-refractivity contribution >= 4 is 15.9 Å². The third kappa shape index (κ3) is 3.00. The van der Waals surface area contributed by atoms with Crippen LogP contribution < -0.4 is 5.73 Å². The fraction of sp³-hybridized carbons (Fsp3) is 0.455. The third-order valence-electron chi connectivity index (χ3n) is 2.13. The number of hydrogen-bond acceptors (Lipinski definition) is 2. The molecular formula is C11H16BrNO. The molecule has 1 unspecified atom stereocenters. The van der Waals surface area contributed by atoms with Gasteiger partial charge in [0.2, 0.25) is 0 Å². The summed E-state index contributed by atoms with van der Waals surface area (Å²) in [6.45, 7) is 4.30. The van der Waals surface area contributed by atoms with E-state index in [1.54, 1.807) is 6.07 Å². The number of halogens is 1. The normalized spacial score (nSPS) is 13.2. The molecule has 0 amide bonds. The standard InChI is InChI=1S/C11H16BrNO/c1-7(2)5-10(13)8-3-4-11(14)9(12)6-8/h3-4,6-7,10,14H,5,13H2,1-2H3. The molecule has 0 spiro atoms. The maximum absolute atomic E-state index is 9.32. The van der Waals surface area contributed by atoms with Gasteiger partial charge in [-0.3, -0.25) is 0 Å². The first-order valence-corrected chi connectivity index (χ1v) is 5.54. The molecular weight excluding hydrogens is 242 g/mol. The Morgan fingerprint density at radius 1 is 1.43 bits per heavy atom. The summed E-state index contributed by atoms with van der Waals surface area (Å²) in [4.78, 5) is 0. The number of aromatic hydroxyl groups is 1. The molecule has 0 fully saturated rings. The summed E-state index contributed by atoms with van der Waals surface area (Å²) < 4.78 is 0.703. The van der Waals surface area contributed by atoms with Crippen molar-refractivity contribution in [1.82, 2.24) is 0 Å². The lowest BCUT2D eigenvalue weighted by Gasteiger charge is -2.14. The second kappa shape index (κ2) is 4.80. The van der Waals surface area contributed by atoms with Gasteiger partial charge in [-0.2, -0.15) is 0 Å². The van der Waals surface area contributed by atoms with Crippen LogP contribution in [0, 0.1) is 5.92 Å². The Bertz CT molecular complexity index is 312.